The van der Waals surface area contributed by atoms with Gasteiger partial charge in [0.15, 0.2) is 11.6 Å². The molecular formula is C15H18F2N2O2. The third kappa shape index (κ3) is 3.65. The van der Waals surface area contributed by atoms with Gasteiger partial charge in [-0.1, -0.05) is 0 Å². The first-order valence-electron chi connectivity index (χ1n) is 6.69. The Labute approximate surface area is 121 Å². The van der Waals surface area contributed by atoms with E-state index in [1.54, 1.807) is 13.0 Å². The second kappa shape index (κ2) is 6.78. The minimum atomic E-state index is -0.946. The lowest BCUT2D eigenvalue weighted by Gasteiger charge is -2.13. The number of pyridine rings is 1. The summed E-state index contributed by atoms with van der Waals surface area (Å²) in [5, 5.41) is 13.2. The van der Waals surface area contributed by atoms with Crippen LogP contribution in [0.25, 0.3) is 10.9 Å². The molecule has 1 aromatic carbocycles. The van der Waals surface area contributed by atoms with Crippen molar-refractivity contribution >= 4 is 16.6 Å². The summed E-state index contributed by atoms with van der Waals surface area (Å²) in [7, 11) is 1.52. The fraction of sp³-hybridized carbons (Fsp3) is 0.400. The highest BCUT2D eigenvalue weighted by Crippen LogP contribution is 2.26. The summed E-state index contributed by atoms with van der Waals surface area (Å²) in [5.41, 5.74) is 1.27. The zero-order valence-electron chi connectivity index (χ0n) is 12.0. The molecule has 0 saturated carbocycles. The first-order valence-corrected chi connectivity index (χ1v) is 6.69. The molecule has 6 heteroatoms. The van der Waals surface area contributed by atoms with Crippen LogP contribution in [0.2, 0.25) is 0 Å². The third-order valence-corrected chi connectivity index (χ3v) is 3.15. The lowest BCUT2D eigenvalue weighted by atomic mass is 10.1. The van der Waals surface area contributed by atoms with Crippen molar-refractivity contribution in [2.45, 2.75) is 19.4 Å². The molecule has 2 aromatic rings. The molecule has 0 saturated heterocycles. The summed E-state index contributed by atoms with van der Waals surface area (Å²) in [6.07, 6.45) is -0.0775. The zero-order valence-corrected chi connectivity index (χ0v) is 12.0. The van der Waals surface area contributed by atoms with Gasteiger partial charge in [-0.25, -0.2) is 13.8 Å². The van der Waals surface area contributed by atoms with Crippen LogP contribution in [0.1, 0.15) is 12.1 Å². The van der Waals surface area contributed by atoms with Gasteiger partial charge in [-0.3, -0.25) is 0 Å². The molecule has 0 spiro atoms. The van der Waals surface area contributed by atoms with Gasteiger partial charge < -0.3 is 15.2 Å². The number of hydrogen-bond acceptors (Lipinski definition) is 4. The van der Waals surface area contributed by atoms with E-state index in [0.29, 0.717) is 29.7 Å². The van der Waals surface area contributed by atoms with Crippen LogP contribution in [0.5, 0.6) is 0 Å². The summed E-state index contributed by atoms with van der Waals surface area (Å²) in [4.78, 5) is 4.04. The highest BCUT2D eigenvalue weighted by molar-refractivity contribution is 5.91. The van der Waals surface area contributed by atoms with Crippen LogP contribution in [0.4, 0.5) is 14.5 Å². The van der Waals surface area contributed by atoms with E-state index < -0.39 is 17.7 Å². The van der Waals surface area contributed by atoms with E-state index in [1.165, 1.54) is 13.2 Å². The van der Waals surface area contributed by atoms with Gasteiger partial charge in [0.05, 0.1) is 12.7 Å². The number of nitrogens with one attached hydrogen (secondary N) is 1. The van der Waals surface area contributed by atoms with Crippen LogP contribution >= 0.6 is 0 Å². The molecule has 0 aliphatic rings. The molecule has 2 N–H and O–H groups in total. The van der Waals surface area contributed by atoms with Crippen molar-refractivity contribution in [3.8, 4) is 0 Å². The lowest BCUT2D eigenvalue weighted by molar-refractivity contribution is 0.0615. The highest BCUT2D eigenvalue weighted by atomic mass is 19.2. The van der Waals surface area contributed by atoms with Crippen molar-refractivity contribution in [3.63, 3.8) is 0 Å². The molecule has 0 bridgehead atoms. The minimum absolute atomic E-state index is 0.00920. The second-order valence-corrected chi connectivity index (χ2v) is 4.89. The molecule has 1 aromatic heterocycles. The van der Waals surface area contributed by atoms with Crippen LogP contribution in [0, 0.1) is 18.6 Å². The monoisotopic (exact) mass is 296 g/mol. The number of anilines is 1. The molecule has 114 valence electrons. The van der Waals surface area contributed by atoms with Crippen LogP contribution in [0.3, 0.4) is 0 Å². The number of halogens is 2. The maximum absolute atomic E-state index is 13.8. The van der Waals surface area contributed by atoms with E-state index in [9.17, 15) is 13.9 Å². The number of methoxy groups -OCH3 is 1. The van der Waals surface area contributed by atoms with Gasteiger partial charge in [-0.15, -0.1) is 0 Å². The van der Waals surface area contributed by atoms with Gasteiger partial charge in [0, 0.05) is 30.4 Å². The van der Waals surface area contributed by atoms with Crippen molar-refractivity contribution in [2.75, 3.05) is 25.6 Å². The van der Waals surface area contributed by atoms with Gasteiger partial charge in [-0.2, -0.15) is 0 Å². The van der Waals surface area contributed by atoms with Crippen molar-refractivity contribution in [1.29, 1.82) is 0 Å². The Morgan fingerprint density at radius 1 is 1.38 bits per heavy atom. The van der Waals surface area contributed by atoms with Crippen LogP contribution in [-0.4, -0.2) is 36.5 Å². The minimum Gasteiger partial charge on any atom is -0.391 e. The maximum Gasteiger partial charge on any atom is 0.185 e. The number of ether oxygens (including phenoxy) is 1. The van der Waals surface area contributed by atoms with E-state index in [1.807, 2.05) is 0 Å². The van der Waals surface area contributed by atoms with Crippen molar-refractivity contribution in [3.05, 3.63) is 35.5 Å². The molecule has 0 aliphatic carbocycles. The summed E-state index contributed by atoms with van der Waals surface area (Å²) in [6, 6.07) is 4.34. The summed E-state index contributed by atoms with van der Waals surface area (Å²) < 4.78 is 31.9. The third-order valence-electron chi connectivity index (χ3n) is 3.15. The first-order chi connectivity index (χ1) is 10.0. The predicted molar refractivity (Wildman–Crippen MR) is 77.4 cm³/mol. The smallest absolute Gasteiger partial charge is 0.185 e. The Hall–Kier alpha value is -1.79. The number of benzene rings is 1. The number of aryl methyl sites for hydroxylation is 1. The zero-order chi connectivity index (χ0) is 15.4. The number of fused-ring (bicyclic) bond motifs is 1. The van der Waals surface area contributed by atoms with Crippen LogP contribution in [-0.2, 0) is 4.74 Å². The summed E-state index contributed by atoms with van der Waals surface area (Å²) >= 11 is 0. The highest BCUT2D eigenvalue weighted by Gasteiger charge is 2.12. The summed E-state index contributed by atoms with van der Waals surface area (Å²) in [5.74, 6) is -1.86. The van der Waals surface area contributed by atoms with Gasteiger partial charge in [-0.05, 0) is 31.5 Å². The van der Waals surface area contributed by atoms with Crippen LogP contribution in [0.15, 0.2) is 18.2 Å². The fourth-order valence-corrected chi connectivity index (χ4v) is 2.16. The molecule has 2 rings (SSSR count). The number of aliphatic hydroxyl groups excluding tert-OH is 1. The molecule has 0 unspecified atom stereocenters. The molecule has 1 atom stereocenters. The van der Waals surface area contributed by atoms with Crippen LogP contribution < -0.4 is 5.32 Å². The average Bonchev–Trinajstić information content (AvgIpc) is 2.43. The van der Waals surface area contributed by atoms with Gasteiger partial charge in [0.2, 0.25) is 0 Å². The molecule has 0 radical (unpaired) electrons. The topological polar surface area (TPSA) is 54.4 Å². The Kier molecular flexibility index (Phi) is 5.03. The van der Waals surface area contributed by atoms with E-state index in [2.05, 4.69) is 10.3 Å². The number of aliphatic hydroxyl groups is 1. The van der Waals surface area contributed by atoms with E-state index in [0.717, 1.165) is 6.07 Å². The van der Waals surface area contributed by atoms with Gasteiger partial charge in [0.25, 0.3) is 0 Å². The first kappa shape index (κ1) is 15.6. The molecule has 1 heterocycles. The Morgan fingerprint density at radius 2 is 2.14 bits per heavy atom. The fourth-order valence-electron chi connectivity index (χ4n) is 2.16. The number of hydrogen-bond donors (Lipinski definition) is 2. The lowest BCUT2D eigenvalue weighted by Crippen LogP contribution is -2.18. The average molecular weight is 296 g/mol. The molecule has 4 nitrogen and oxygen atoms in total. The standard InChI is InChI=1S/C15H18F2N2O2/c1-9-7-13(18-6-5-10(20)8-21-2)11-3-4-12(16)14(17)15(11)19-9/h3-4,7,10,20H,5-6,8H2,1-2H3,(H,18,19)/t10-/m0/s1. The summed E-state index contributed by atoms with van der Waals surface area (Å²) in [6.45, 7) is 2.47. The number of rotatable bonds is 6. The SMILES string of the molecule is COC[C@@H](O)CCNc1cc(C)nc2c(F)c(F)ccc12. The number of nitrogens with zero attached hydrogens (tertiary/aromatic N) is 1. The molecule has 0 aliphatic heterocycles. The quantitative estimate of drug-likeness (QED) is 0.860. The van der Waals surface area contributed by atoms with Gasteiger partial charge >= 0.3 is 0 Å². The van der Waals surface area contributed by atoms with E-state index >= 15 is 0 Å². The Balaban J connectivity index is 2.22. The largest absolute Gasteiger partial charge is 0.391 e. The molecular weight excluding hydrogens is 278 g/mol. The predicted octanol–water partition coefficient (Wildman–Crippen LogP) is 2.63. The van der Waals surface area contributed by atoms with Crippen molar-refractivity contribution < 1.29 is 18.6 Å². The normalized spacial score (nSPS) is 12.6. The molecule has 0 fully saturated rings. The second-order valence-electron chi connectivity index (χ2n) is 4.89. The Bertz CT molecular complexity index is 635. The number of aromatic nitrogens is 1. The molecule has 21 heavy (non-hydrogen) atoms. The molecule has 0 amide bonds. The van der Waals surface area contributed by atoms with Gasteiger partial charge in [0.1, 0.15) is 5.52 Å². The maximum atomic E-state index is 13.8. The van der Waals surface area contributed by atoms with Crippen molar-refractivity contribution in [2.24, 2.45) is 0 Å². The van der Waals surface area contributed by atoms with Crippen molar-refractivity contribution in [1.82, 2.24) is 4.98 Å². The van der Waals surface area contributed by atoms with E-state index in [-0.39, 0.29) is 12.1 Å². The van der Waals surface area contributed by atoms with E-state index in [4.69, 9.17) is 4.74 Å². The Morgan fingerprint density at radius 3 is 2.86 bits per heavy atom.